The second-order valence-corrected chi connectivity index (χ2v) is 10.2. The number of benzene rings is 1. The van der Waals surface area contributed by atoms with Crippen LogP contribution in [0.25, 0.3) is 0 Å². The number of alkyl halides is 3. The lowest BCUT2D eigenvalue weighted by atomic mass is 9.75. The van der Waals surface area contributed by atoms with Crippen molar-refractivity contribution in [3.8, 4) is 6.07 Å². The summed E-state index contributed by atoms with van der Waals surface area (Å²) in [5.74, 6) is -1.71. The molecule has 0 unspecified atom stereocenters. The highest BCUT2D eigenvalue weighted by Gasteiger charge is 2.60. The molecule has 2 aliphatic carbocycles. The van der Waals surface area contributed by atoms with Crippen molar-refractivity contribution in [2.24, 2.45) is 5.92 Å². The molecule has 2 heterocycles. The highest BCUT2D eigenvalue weighted by atomic mass is 32.1. The normalized spacial score (nSPS) is 19.1. The van der Waals surface area contributed by atoms with E-state index in [1.54, 1.807) is 0 Å². The molecule has 0 bridgehead atoms. The summed E-state index contributed by atoms with van der Waals surface area (Å²) in [7, 11) is 0. The number of amides is 2. The number of rotatable bonds is 5. The minimum absolute atomic E-state index is 0.100. The van der Waals surface area contributed by atoms with Crippen molar-refractivity contribution >= 4 is 40.5 Å². The van der Waals surface area contributed by atoms with E-state index in [-0.39, 0.29) is 22.1 Å². The van der Waals surface area contributed by atoms with E-state index >= 15 is 4.39 Å². The second kappa shape index (κ2) is 9.62. The zero-order chi connectivity index (χ0) is 27.2. The van der Waals surface area contributed by atoms with Crippen LogP contribution in [-0.2, 0) is 11.0 Å². The number of nitrogens with zero attached hydrogens (tertiary/aromatic N) is 4. The highest BCUT2D eigenvalue weighted by molar-refractivity contribution is 7.81. The number of thiocarbonyl (C=S) groups is 1. The van der Waals surface area contributed by atoms with Crippen LogP contribution in [-0.4, -0.2) is 34.0 Å². The number of carbonyl (C=O) groups is 2. The third kappa shape index (κ3) is 4.18. The zero-order valence-electron chi connectivity index (χ0n) is 20.1. The monoisotopic (exact) mass is 545 g/mol. The van der Waals surface area contributed by atoms with E-state index in [0.29, 0.717) is 37.8 Å². The van der Waals surface area contributed by atoms with Gasteiger partial charge in [-0.25, -0.2) is 9.37 Å². The molecule has 1 spiro atoms. The maximum absolute atomic E-state index is 15.8. The van der Waals surface area contributed by atoms with Crippen molar-refractivity contribution in [1.29, 1.82) is 5.26 Å². The zero-order valence-corrected chi connectivity index (χ0v) is 21.0. The van der Waals surface area contributed by atoms with Gasteiger partial charge in [0.05, 0.1) is 28.7 Å². The topological polar surface area (TPSA) is 89.3 Å². The van der Waals surface area contributed by atoms with Gasteiger partial charge >= 0.3 is 6.18 Å². The lowest BCUT2D eigenvalue weighted by molar-refractivity contribution is -0.138. The Morgan fingerprint density at radius 1 is 1.24 bits per heavy atom. The van der Waals surface area contributed by atoms with Gasteiger partial charge in [-0.2, -0.15) is 18.4 Å². The molecule has 2 amide bonds. The average Bonchev–Trinajstić information content (AvgIpc) is 3.45. The fourth-order valence-corrected chi connectivity index (χ4v) is 5.94. The maximum Gasteiger partial charge on any atom is 0.419 e. The summed E-state index contributed by atoms with van der Waals surface area (Å²) in [5.41, 5.74) is -4.01. The van der Waals surface area contributed by atoms with E-state index in [4.69, 9.17) is 17.5 Å². The molecule has 12 heteroatoms. The summed E-state index contributed by atoms with van der Waals surface area (Å²) in [6.07, 6.45) is 1.52. The molecule has 198 valence electrons. The third-order valence-electron chi connectivity index (χ3n) is 7.63. The van der Waals surface area contributed by atoms with Crippen LogP contribution in [0.15, 0.2) is 30.5 Å². The molecule has 1 N–H and O–H groups in total. The van der Waals surface area contributed by atoms with Crippen LogP contribution in [0.5, 0.6) is 0 Å². The van der Waals surface area contributed by atoms with Gasteiger partial charge in [-0.3, -0.25) is 14.5 Å². The maximum atomic E-state index is 15.8. The molecule has 7 nitrogen and oxygen atoms in total. The van der Waals surface area contributed by atoms with Gasteiger partial charge < -0.3 is 10.2 Å². The number of aromatic nitrogens is 1. The SMILES string of the molecule is N#Cc1ncc(N2C(=O)C3(CCC3)N(c3cccc(C(=O)NCC4CCCC4)c3F)C2=S)cc1C(F)(F)F. The summed E-state index contributed by atoms with van der Waals surface area (Å²) >= 11 is 5.53. The number of halogens is 4. The molecule has 2 aromatic rings. The first-order valence-electron chi connectivity index (χ1n) is 12.3. The Bertz CT molecular complexity index is 1360. The fourth-order valence-electron chi connectivity index (χ4n) is 5.48. The van der Waals surface area contributed by atoms with Crippen molar-refractivity contribution < 1.29 is 27.2 Å². The number of nitrogens with one attached hydrogen (secondary N) is 1. The average molecular weight is 546 g/mol. The van der Waals surface area contributed by atoms with E-state index in [1.165, 1.54) is 29.2 Å². The number of hydrogen-bond donors (Lipinski definition) is 1. The van der Waals surface area contributed by atoms with Gasteiger partial charge in [0.1, 0.15) is 11.6 Å². The van der Waals surface area contributed by atoms with Crippen LogP contribution in [0.4, 0.5) is 28.9 Å². The summed E-state index contributed by atoms with van der Waals surface area (Å²) < 4.78 is 56.6. The first kappa shape index (κ1) is 26.0. The van der Waals surface area contributed by atoms with Gasteiger partial charge in [0.25, 0.3) is 11.8 Å². The van der Waals surface area contributed by atoms with Crippen LogP contribution >= 0.6 is 12.2 Å². The summed E-state index contributed by atoms with van der Waals surface area (Å²) in [4.78, 5) is 32.3. The van der Waals surface area contributed by atoms with Gasteiger partial charge in [-0.05, 0) is 68.4 Å². The van der Waals surface area contributed by atoms with Gasteiger partial charge in [-0.1, -0.05) is 18.9 Å². The molecular formula is C26H23F4N5O2S. The predicted octanol–water partition coefficient (Wildman–Crippen LogP) is 5.09. The Morgan fingerprint density at radius 2 is 1.95 bits per heavy atom. The number of nitriles is 1. The standard InChI is InChI=1S/C26H23F4N5O2S/c27-21-17(22(36)33-13-15-5-1-2-6-15)7-3-8-20(21)35-24(38)34(23(37)25(35)9-4-10-25)16-11-18(26(28,29)30)19(12-31)32-14-16/h3,7-8,11,14-15H,1-2,4-6,9-10,13H2,(H,33,36). The van der Waals surface area contributed by atoms with Crippen LogP contribution in [0, 0.1) is 23.1 Å². The molecule has 5 rings (SSSR count). The molecule has 1 aromatic heterocycles. The van der Waals surface area contributed by atoms with Crippen molar-refractivity contribution in [1.82, 2.24) is 10.3 Å². The minimum Gasteiger partial charge on any atom is -0.352 e. The van der Waals surface area contributed by atoms with Crippen molar-refractivity contribution in [2.45, 2.75) is 56.7 Å². The molecule has 1 aliphatic heterocycles. The van der Waals surface area contributed by atoms with E-state index in [1.807, 2.05) is 0 Å². The second-order valence-electron chi connectivity index (χ2n) is 9.84. The number of hydrogen-bond acceptors (Lipinski definition) is 5. The highest BCUT2D eigenvalue weighted by Crippen LogP contribution is 2.49. The summed E-state index contributed by atoms with van der Waals surface area (Å²) in [5, 5.41) is 11.6. The van der Waals surface area contributed by atoms with Crippen LogP contribution in [0.1, 0.15) is 66.6 Å². The molecule has 0 radical (unpaired) electrons. The Morgan fingerprint density at radius 3 is 2.55 bits per heavy atom. The van der Waals surface area contributed by atoms with Gasteiger partial charge in [0.15, 0.2) is 16.6 Å². The smallest absolute Gasteiger partial charge is 0.352 e. The van der Waals surface area contributed by atoms with Crippen LogP contribution < -0.4 is 15.1 Å². The van der Waals surface area contributed by atoms with Crippen molar-refractivity contribution in [2.75, 3.05) is 16.3 Å². The van der Waals surface area contributed by atoms with Crippen molar-refractivity contribution in [3.63, 3.8) is 0 Å². The van der Waals surface area contributed by atoms with E-state index in [9.17, 15) is 22.8 Å². The van der Waals surface area contributed by atoms with Gasteiger partial charge in [0.2, 0.25) is 0 Å². The van der Waals surface area contributed by atoms with Gasteiger partial charge in [0, 0.05) is 6.54 Å². The lowest BCUT2D eigenvalue weighted by Crippen LogP contribution is -2.55. The Balaban J connectivity index is 1.50. The largest absolute Gasteiger partial charge is 0.419 e. The van der Waals surface area contributed by atoms with Crippen molar-refractivity contribution in [3.05, 3.63) is 53.1 Å². The fraction of sp³-hybridized carbons (Fsp3) is 0.423. The number of pyridine rings is 1. The first-order valence-corrected chi connectivity index (χ1v) is 12.7. The van der Waals surface area contributed by atoms with E-state index in [0.717, 1.165) is 36.8 Å². The molecular weight excluding hydrogens is 522 g/mol. The first-order chi connectivity index (χ1) is 18.1. The Hall–Kier alpha value is -3.59. The molecule has 3 fully saturated rings. The summed E-state index contributed by atoms with van der Waals surface area (Å²) in [6, 6.07) is 6.27. The summed E-state index contributed by atoms with van der Waals surface area (Å²) in [6.45, 7) is 0.439. The lowest BCUT2D eigenvalue weighted by Gasteiger charge is -2.43. The quantitative estimate of drug-likeness (QED) is 0.416. The van der Waals surface area contributed by atoms with Crippen LogP contribution in [0.3, 0.4) is 0 Å². The third-order valence-corrected chi connectivity index (χ3v) is 7.99. The number of carbonyl (C=O) groups excluding carboxylic acids is 2. The molecule has 38 heavy (non-hydrogen) atoms. The molecule has 0 atom stereocenters. The van der Waals surface area contributed by atoms with Crippen LogP contribution in [0.2, 0.25) is 0 Å². The van der Waals surface area contributed by atoms with E-state index < -0.39 is 40.6 Å². The molecule has 3 aliphatic rings. The Labute approximate surface area is 221 Å². The van der Waals surface area contributed by atoms with E-state index in [2.05, 4.69) is 10.3 Å². The molecule has 2 saturated carbocycles. The Kier molecular flexibility index (Phi) is 6.59. The number of anilines is 2. The molecule has 1 saturated heterocycles. The minimum atomic E-state index is -4.89. The van der Waals surface area contributed by atoms with Gasteiger partial charge in [-0.15, -0.1) is 0 Å². The predicted molar refractivity (Wildman–Crippen MR) is 134 cm³/mol. The molecule has 1 aromatic carbocycles.